The Balaban J connectivity index is 0.000000213. The summed E-state index contributed by atoms with van der Waals surface area (Å²) in [6, 6.07) is 35.3. The topological polar surface area (TPSA) is 0 Å². The first-order chi connectivity index (χ1) is 15.3. The SMILES string of the molecule is C=Cc1ccccc1.Cc1ccc(C)cc1.Cc1cccc(C)c1.Cc1ccccc1C. The van der Waals surface area contributed by atoms with Crippen LogP contribution in [0.4, 0.5) is 0 Å². The highest BCUT2D eigenvalue weighted by molar-refractivity contribution is 5.45. The average molecular weight is 423 g/mol. The zero-order valence-corrected chi connectivity index (χ0v) is 20.6. The molecule has 0 aliphatic rings. The van der Waals surface area contributed by atoms with Crippen molar-refractivity contribution in [3.63, 3.8) is 0 Å². The van der Waals surface area contributed by atoms with Gasteiger partial charge < -0.3 is 0 Å². The van der Waals surface area contributed by atoms with Crippen molar-refractivity contribution in [1.29, 1.82) is 0 Å². The monoisotopic (exact) mass is 422 g/mol. The summed E-state index contributed by atoms with van der Waals surface area (Å²) < 4.78 is 0. The summed E-state index contributed by atoms with van der Waals surface area (Å²) in [5.74, 6) is 0. The van der Waals surface area contributed by atoms with Gasteiger partial charge >= 0.3 is 0 Å². The summed E-state index contributed by atoms with van der Waals surface area (Å²) in [4.78, 5) is 0. The van der Waals surface area contributed by atoms with Gasteiger partial charge in [0.2, 0.25) is 0 Å². The minimum absolute atomic E-state index is 1.17. The van der Waals surface area contributed by atoms with Gasteiger partial charge in [-0.25, -0.2) is 0 Å². The molecule has 4 rings (SSSR count). The summed E-state index contributed by atoms with van der Waals surface area (Å²) in [6.45, 7) is 16.3. The molecule has 0 saturated carbocycles. The molecule has 0 heteroatoms. The zero-order valence-electron chi connectivity index (χ0n) is 20.6. The Morgan fingerprint density at radius 1 is 0.438 bits per heavy atom. The second-order valence-electron chi connectivity index (χ2n) is 8.01. The van der Waals surface area contributed by atoms with Gasteiger partial charge in [0.15, 0.2) is 0 Å². The number of rotatable bonds is 1. The molecular formula is C32H38. The van der Waals surface area contributed by atoms with E-state index in [0.29, 0.717) is 0 Å². The van der Waals surface area contributed by atoms with Crippen molar-refractivity contribution in [2.24, 2.45) is 0 Å². The van der Waals surface area contributed by atoms with Crippen molar-refractivity contribution >= 4 is 6.08 Å². The van der Waals surface area contributed by atoms with E-state index < -0.39 is 0 Å². The van der Waals surface area contributed by atoms with Crippen LogP contribution in [0.15, 0.2) is 110 Å². The number of benzene rings is 4. The summed E-state index contributed by atoms with van der Waals surface area (Å²) >= 11 is 0. The minimum Gasteiger partial charge on any atom is -0.0985 e. The molecule has 32 heavy (non-hydrogen) atoms. The van der Waals surface area contributed by atoms with Crippen LogP contribution in [0.25, 0.3) is 6.08 Å². The van der Waals surface area contributed by atoms with E-state index >= 15 is 0 Å². The van der Waals surface area contributed by atoms with E-state index in [9.17, 15) is 0 Å². The van der Waals surface area contributed by atoms with E-state index in [1.807, 2.05) is 36.4 Å². The van der Waals surface area contributed by atoms with Crippen LogP contribution in [-0.4, -0.2) is 0 Å². The Labute approximate surface area is 196 Å². The van der Waals surface area contributed by atoms with Gasteiger partial charge in [0, 0.05) is 0 Å². The largest absolute Gasteiger partial charge is 0.0985 e. The molecule has 0 amide bonds. The van der Waals surface area contributed by atoms with E-state index in [2.05, 4.69) is 121 Å². The third-order valence-electron chi connectivity index (χ3n) is 4.85. The van der Waals surface area contributed by atoms with Crippen molar-refractivity contribution in [2.45, 2.75) is 41.5 Å². The lowest BCUT2D eigenvalue weighted by Crippen LogP contribution is -1.74. The van der Waals surface area contributed by atoms with Crippen LogP contribution in [0.3, 0.4) is 0 Å². The fourth-order valence-corrected chi connectivity index (χ4v) is 2.70. The fourth-order valence-electron chi connectivity index (χ4n) is 2.70. The molecule has 166 valence electrons. The number of hydrogen-bond donors (Lipinski definition) is 0. The lowest BCUT2D eigenvalue weighted by Gasteiger charge is -1.93. The van der Waals surface area contributed by atoms with Crippen LogP contribution in [0, 0.1) is 41.5 Å². The van der Waals surface area contributed by atoms with E-state index in [0.717, 1.165) is 0 Å². The number of hydrogen-bond acceptors (Lipinski definition) is 0. The maximum Gasteiger partial charge on any atom is -0.0263 e. The van der Waals surface area contributed by atoms with Crippen LogP contribution >= 0.6 is 0 Å². The lowest BCUT2D eigenvalue weighted by molar-refractivity contribution is 1.34. The Morgan fingerprint density at radius 2 is 0.844 bits per heavy atom. The van der Waals surface area contributed by atoms with Gasteiger partial charge in [-0.2, -0.15) is 0 Å². The molecule has 0 bridgehead atoms. The Kier molecular flexibility index (Phi) is 12.8. The molecule has 0 radical (unpaired) electrons. The Morgan fingerprint density at radius 3 is 1.12 bits per heavy atom. The van der Waals surface area contributed by atoms with Crippen LogP contribution in [0.5, 0.6) is 0 Å². The van der Waals surface area contributed by atoms with E-state index in [1.165, 1.54) is 38.9 Å². The van der Waals surface area contributed by atoms with Crippen molar-refractivity contribution < 1.29 is 0 Å². The molecule has 0 saturated heterocycles. The molecule has 0 aliphatic carbocycles. The molecule has 0 fully saturated rings. The van der Waals surface area contributed by atoms with Crippen LogP contribution in [-0.2, 0) is 0 Å². The zero-order chi connectivity index (χ0) is 23.8. The first kappa shape index (κ1) is 26.7. The van der Waals surface area contributed by atoms with E-state index in [-0.39, 0.29) is 0 Å². The molecule has 0 unspecified atom stereocenters. The van der Waals surface area contributed by atoms with Gasteiger partial charge in [-0.3, -0.25) is 0 Å². The third-order valence-corrected chi connectivity index (χ3v) is 4.85. The predicted octanol–water partition coefficient (Wildman–Crippen LogP) is 9.24. The molecule has 0 heterocycles. The van der Waals surface area contributed by atoms with Gasteiger partial charge in [0.25, 0.3) is 0 Å². The molecule has 0 atom stereocenters. The maximum absolute atomic E-state index is 3.63. The molecule has 0 aliphatic heterocycles. The molecular weight excluding hydrogens is 384 g/mol. The molecule has 4 aromatic rings. The average Bonchev–Trinajstić information content (AvgIpc) is 2.79. The summed E-state index contributed by atoms with van der Waals surface area (Å²) in [5, 5.41) is 0. The third kappa shape index (κ3) is 12.3. The Hall–Kier alpha value is -3.38. The fraction of sp³-hybridized carbons (Fsp3) is 0.188. The molecule has 0 N–H and O–H groups in total. The van der Waals surface area contributed by atoms with Crippen LogP contribution in [0.2, 0.25) is 0 Å². The minimum atomic E-state index is 1.17. The van der Waals surface area contributed by atoms with Gasteiger partial charge in [-0.15, -0.1) is 0 Å². The van der Waals surface area contributed by atoms with Crippen molar-refractivity contribution in [3.8, 4) is 0 Å². The highest BCUT2D eigenvalue weighted by Gasteiger charge is 1.84. The standard InChI is InChI=1S/3C8H10.C8H8/c1-7-3-5-8(2)6-4-7;1-7-4-3-5-8(2)6-7;1-7-5-3-4-6-8(7)2;1-2-8-6-4-3-5-7-8/h3*3-6H,1-2H3;2-7H,1H2. The first-order valence-electron chi connectivity index (χ1n) is 11.1. The Bertz CT molecular complexity index is 966. The van der Waals surface area contributed by atoms with Gasteiger partial charge in [0.05, 0.1) is 0 Å². The van der Waals surface area contributed by atoms with Crippen LogP contribution in [0.1, 0.15) is 38.9 Å². The van der Waals surface area contributed by atoms with Crippen molar-refractivity contribution in [3.05, 3.63) is 149 Å². The van der Waals surface area contributed by atoms with E-state index in [1.54, 1.807) is 0 Å². The maximum atomic E-state index is 3.63. The van der Waals surface area contributed by atoms with Crippen molar-refractivity contribution in [1.82, 2.24) is 0 Å². The molecule has 0 nitrogen and oxygen atoms in total. The number of aryl methyl sites for hydroxylation is 6. The highest BCUT2D eigenvalue weighted by Crippen LogP contribution is 2.03. The summed E-state index contributed by atoms with van der Waals surface area (Å²) in [6.07, 6.45) is 1.83. The summed E-state index contributed by atoms with van der Waals surface area (Å²) in [7, 11) is 0. The van der Waals surface area contributed by atoms with Crippen molar-refractivity contribution in [2.75, 3.05) is 0 Å². The van der Waals surface area contributed by atoms with Gasteiger partial charge in [-0.1, -0.05) is 138 Å². The molecule has 0 aromatic heterocycles. The van der Waals surface area contributed by atoms with Crippen LogP contribution < -0.4 is 0 Å². The normalized spacial score (nSPS) is 9.06. The molecule has 4 aromatic carbocycles. The highest BCUT2D eigenvalue weighted by atomic mass is 13.9. The first-order valence-corrected chi connectivity index (χ1v) is 11.1. The van der Waals surface area contributed by atoms with Gasteiger partial charge in [-0.05, 0) is 58.2 Å². The van der Waals surface area contributed by atoms with Gasteiger partial charge in [0.1, 0.15) is 0 Å². The predicted molar refractivity (Wildman–Crippen MR) is 144 cm³/mol. The van der Waals surface area contributed by atoms with E-state index in [4.69, 9.17) is 0 Å². The summed E-state index contributed by atoms with van der Waals surface area (Å²) in [5.41, 5.74) is 9.24. The lowest BCUT2D eigenvalue weighted by atomic mass is 10.1. The second-order valence-corrected chi connectivity index (χ2v) is 8.01. The second kappa shape index (κ2) is 15.4. The smallest absolute Gasteiger partial charge is 0.0263 e. The quantitative estimate of drug-likeness (QED) is 0.287. The molecule has 0 spiro atoms.